The first-order valence-corrected chi connectivity index (χ1v) is 6.82. The van der Waals surface area contributed by atoms with E-state index in [2.05, 4.69) is 26.0 Å². The second kappa shape index (κ2) is 5.83. The third-order valence-corrected chi connectivity index (χ3v) is 3.38. The zero-order chi connectivity index (χ0) is 13.0. The zero-order valence-corrected chi connectivity index (χ0v) is 11.4. The molecule has 1 aliphatic carbocycles. The highest BCUT2D eigenvalue weighted by molar-refractivity contribution is 7.08. The van der Waals surface area contributed by atoms with E-state index in [0.717, 1.165) is 12.0 Å². The van der Waals surface area contributed by atoms with Crippen LogP contribution in [0.4, 0.5) is 0 Å². The highest BCUT2D eigenvalue weighted by atomic mass is 32.1. The molecule has 0 saturated heterocycles. The molecule has 94 valence electrons. The molecule has 0 N–H and O–H groups in total. The van der Waals surface area contributed by atoms with Gasteiger partial charge in [0.1, 0.15) is 6.61 Å². The Morgan fingerprint density at radius 2 is 2.17 bits per heavy atom. The average Bonchev–Trinajstić information content (AvgIpc) is 2.80. The van der Waals surface area contributed by atoms with Crippen LogP contribution < -0.4 is 0 Å². The van der Waals surface area contributed by atoms with E-state index in [1.807, 2.05) is 11.5 Å². The molecule has 18 heavy (non-hydrogen) atoms. The Hall–Kier alpha value is -1.61. The second-order valence-electron chi connectivity index (χ2n) is 4.51. The number of ether oxygens (including phenoxy) is 1. The van der Waals surface area contributed by atoms with Gasteiger partial charge in [0.2, 0.25) is 0 Å². The molecule has 0 aromatic carbocycles. The quantitative estimate of drug-likeness (QED) is 0.764. The van der Waals surface area contributed by atoms with E-state index >= 15 is 0 Å². The van der Waals surface area contributed by atoms with Crippen molar-refractivity contribution in [3.8, 4) is 0 Å². The molecule has 2 rings (SSSR count). The Morgan fingerprint density at radius 1 is 1.33 bits per heavy atom. The van der Waals surface area contributed by atoms with E-state index in [4.69, 9.17) is 4.74 Å². The van der Waals surface area contributed by atoms with E-state index in [0.29, 0.717) is 12.2 Å². The number of carbonyl (C=O) groups is 1. The van der Waals surface area contributed by atoms with E-state index < -0.39 is 0 Å². The fraction of sp³-hybridized carbons (Fsp3) is 0.267. The third-order valence-electron chi connectivity index (χ3n) is 2.70. The molecule has 0 radical (unpaired) electrons. The first-order chi connectivity index (χ1) is 8.65. The van der Waals surface area contributed by atoms with Gasteiger partial charge < -0.3 is 4.74 Å². The van der Waals surface area contributed by atoms with Crippen LogP contribution in [0.2, 0.25) is 0 Å². The summed E-state index contributed by atoms with van der Waals surface area (Å²) in [7, 11) is 0. The number of esters is 1. The number of allylic oxidation sites excluding steroid dienone is 4. The molecule has 0 bridgehead atoms. The molecular weight excluding hydrogens is 244 g/mol. The number of hydrogen-bond acceptors (Lipinski definition) is 3. The van der Waals surface area contributed by atoms with Crippen molar-refractivity contribution in [3.05, 3.63) is 57.3 Å². The van der Waals surface area contributed by atoms with E-state index in [1.54, 1.807) is 11.4 Å². The highest BCUT2D eigenvalue weighted by Gasteiger charge is 2.08. The Labute approximate surface area is 111 Å². The predicted octanol–water partition coefficient (Wildman–Crippen LogP) is 4.13. The summed E-state index contributed by atoms with van der Waals surface area (Å²) in [5.41, 5.74) is 4.27. The van der Waals surface area contributed by atoms with Crippen LogP contribution >= 0.6 is 11.3 Å². The van der Waals surface area contributed by atoms with Gasteiger partial charge in [0.25, 0.3) is 0 Å². The Bertz CT molecular complexity index is 519. The van der Waals surface area contributed by atoms with Crippen LogP contribution in [0, 0.1) is 0 Å². The molecule has 1 aromatic heterocycles. The summed E-state index contributed by atoms with van der Waals surface area (Å²) in [6.45, 7) is 4.53. The van der Waals surface area contributed by atoms with Crippen molar-refractivity contribution < 1.29 is 9.53 Å². The molecule has 0 aliphatic heterocycles. The Balaban J connectivity index is 1.98. The summed E-state index contributed by atoms with van der Waals surface area (Å²) in [6.07, 6.45) is 7.18. The maximum Gasteiger partial charge on any atom is 0.339 e. The van der Waals surface area contributed by atoms with Gasteiger partial charge in [-0.15, -0.1) is 0 Å². The summed E-state index contributed by atoms with van der Waals surface area (Å²) in [4.78, 5) is 11.7. The highest BCUT2D eigenvalue weighted by Crippen LogP contribution is 2.17. The van der Waals surface area contributed by atoms with Gasteiger partial charge in [-0.05, 0) is 37.3 Å². The van der Waals surface area contributed by atoms with Crippen LogP contribution in [0.3, 0.4) is 0 Å². The lowest BCUT2D eigenvalue weighted by atomic mass is 10.1. The molecule has 0 amide bonds. The molecule has 0 fully saturated rings. The standard InChI is InChI=1S/C15H16O2S/c1-11-3-4-13(8-12(2)7-11)9-17-15(16)14-5-6-18-10-14/h3-6,8,10H,7,9H2,1-2H3. The minimum absolute atomic E-state index is 0.256. The zero-order valence-electron chi connectivity index (χ0n) is 10.6. The van der Waals surface area contributed by atoms with Crippen LogP contribution in [0.1, 0.15) is 30.6 Å². The molecule has 1 aromatic rings. The lowest BCUT2D eigenvalue weighted by Crippen LogP contribution is -2.06. The van der Waals surface area contributed by atoms with Gasteiger partial charge in [0.15, 0.2) is 0 Å². The predicted molar refractivity (Wildman–Crippen MR) is 74.8 cm³/mol. The minimum Gasteiger partial charge on any atom is -0.457 e. The SMILES string of the molecule is CC1=CC=C(COC(=O)c2ccsc2)C=C(C)C1. The van der Waals surface area contributed by atoms with Gasteiger partial charge in [-0.1, -0.05) is 29.4 Å². The molecule has 0 unspecified atom stereocenters. The molecule has 0 saturated carbocycles. The van der Waals surface area contributed by atoms with Crippen LogP contribution in [-0.2, 0) is 4.74 Å². The average molecular weight is 260 g/mol. The van der Waals surface area contributed by atoms with Crippen molar-refractivity contribution in [1.82, 2.24) is 0 Å². The Kier molecular flexibility index (Phi) is 4.15. The topological polar surface area (TPSA) is 26.3 Å². The first kappa shape index (κ1) is 12.8. The second-order valence-corrected chi connectivity index (χ2v) is 5.29. The van der Waals surface area contributed by atoms with Crippen LogP contribution in [0.15, 0.2) is 51.8 Å². The van der Waals surface area contributed by atoms with Gasteiger partial charge in [0.05, 0.1) is 5.56 Å². The van der Waals surface area contributed by atoms with Gasteiger partial charge >= 0.3 is 5.97 Å². The van der Waals surface area contributed by atoms with Crippen molar-refractivity contribution in [2.45, 2.75) is 20.3 Å². The van der Waals surface area contributed by atoms with Crippen molar-refractivity contribution >= 4 is 17.3 Å². The van der Waals surface area contributed by atoms with Crippen LogP contribution in [0.25, 0.3) is 0 Å². The smallest absolute Gasteiger partial charge is 0.339 e. The summed E-state index contributed by atoms with van der Waals surface area (Å²) < 4.78 is 5.29. The summed E-state index contributed by atoms with van der Waals surface area (Å²) in [6, 6.07) is 1.78. The molecule has 1 aliphatic rings. The lowest BCUT2D eigenvalue weighted by molar-refractivity contribution is 0.0543. The molecule has 3 heteroatoms. The number of carbonyl (C=O) groups excluding carboxylic acids is 1. The summed E-state index contributed by atoms with van der Waals surface area (Å²) in [5.74, 6) is -0.256. The molecule has 1 heterocycles. The van der Waals surface area contributed by atoms with E-state index in [9.17, 15) is 4.79 Å². The summed E-state index contributed by atoms with van der Waals surface area (Å²) >= 11 is 1.50. The van der Waals surface area contributed by atoms with Gasteiger partial charge in [0, 0.05) is 5.38 Å². The van der Waals surface area contributed by atoms with Crippen molar-refractivity contribution in [1.29, 1.82) is 0 Å². The lowest BCUT2D eigenvalue weighted by Gasteiger charge is -2.04. The fourth-order valence-corrected chi connectivity index (χ4v) is 2.49. The molecule has 0 atom stereocenters. The Morgan fingerprint density at radius 3 is 2.89 bits per heavy atom. The van der Waals surface area contributed by atoms with Gasteiger partial charge in [-0.2, -0.15) is 11.3 Å². The number of thiophene rings is 1. The number of rotatable bonds is 3. The summed E-state index contributed by atoms with van der Waals surface area (Å²) in [5, 5.41) is 3.67. The van der Waals surface area contributed by atoms with Gasteiger partial charge in [-0.25, -0.2) is 4.79 Å². The molecule has 0 spiro atoms. The fourth-order valence-electron chi connectivity index (χ4n) is 1.87. The third kappa shape index (κ3) is 3.44. The first-order valence-electron chi connectivity index (χ1n) is 5.88. The van der Waals surface area contributed by atoms with Crippen molar-refractivity contribution in [2.24, 2.45) is 0 Å². The van der Waals surface area contributed by atoms with Gasteiger partial charge in [-0.3, -0.25) is 0 Å². The maximum absolute atomic E-state index is 11.7. The molecular formula is C15H16O2S. The number of hydrogen-bond donors (Lipinski definition) is 0. The van der Waals surface area contributed by atoms with Crippen LogP contribution in [0.5, 0.6) is 0 Å². The van der Waals surface area contributed by atoms with Crippen molar-refractivity contribution in [2.75, 3.05) is 6.61 Å². The minimum atomic E-state index is -0.256. The van der Waals surface area contributed by atoms with E-state index in [-0.39, 0.29) is 5.97 Å². The largest absolute Gasteiger partial charge is 0.457 e. The monoisotopic (exact) mass is 260 g/mol. The molecule has 2 nitrogen and oxygen atoms in total. The van der Waals surface area contributed by atoms with E-state index in [1.165, 1.54) is 22.5 Å². The normalized spacial score (nSPS) is 15.3. The maximum atomic E-state index is 11.7. The van der Waals surface area contributed by atoms with Crippen LogP contribution in [-0.4, -0.2) is 12.6 Å². The van der Waals surface area contributed by atoms with Crippen molar-refractivity contribution in [3.63, 3.8) is 0 Å².